The Labute approximate surface area is 158 Å². The number of rotatable bonds is 7. The van der Waals surface area contributed by atoms with Gasteiger partial charge in [-0.05, 0) is 24.5 Å². The van der Waals surface area contributed by atoms with Crippen LogP contribution in [0.4, 0.5) is 0 Å². The molecule has 3 aromatic rings. The number of likely N-dealkylation sites (N-methyl/N-ethyl adjacent to an activating group) is 1. The van der Waals surface area contributed by atoms with Gasteiger partial charge >= 0.3 is 5.97 Å². The van der Waals surface area contributed by atoms with E-state index >= 15 is 0 Å². The molecule has 3 rings (SSSR count). The number of amides is 1. The minimum Gasteiger partial charge on any atom is -0.447 e. The molecule has 0 spiro atoms. The van der Waals surface area contributed by atoms with Crippen LogP contribution >= 0.6 is 0 Å². The highest BCUT2D eigenvalue weighted by atomic mass is 16.5. The van der Waals surface area contributed by atoms with Crippen LogP contribution < -0.4 is 0 Å². The molecule has 0 aliphatic carbocycles. The number of benzene rings is 2. The van der Waals surface area contributed by atoms with Crippen molar-refractivity contribution >= 4 is 22.8 Å². The summed E-state index contributed by atoms with van der Waals surface area (Å²) in [5, 5.41) is 1.18. The van der Waals surface area contributed by atoms with Gasteiger partial charge in [-0.25, -0.2) is 0 Å². The van der Waals surface area contributed by atoms with Gasteiger partial charge in [0, 0.05) is 43.2 Å². The number of aromatic nitrogens is 1. The third-order valence-corrected chi connectivity index (χ3v) is 4.52. The summed E-state index contributed by atoms with van der Waals surface area (Å²) >= 11 is 0. The van der Waals surface area contributed by atoms with Crippen molar-refractivity contribution in [2.45, 2.75) is 25.4 Å². The van der Waals surface area contributed by atoms with E-state index in [9.17, 15) is 9.59 Å². The monoisotopic (exact) mass is 364 g/mol. The average molecular weight is 364 g/mol. The Morgan fingerprint density at radius 3 is 2.48 bits per heavy atom. The van der Waals surface area contributed by atoms with Crippen molar-refractivity contribution in [1.82, 2.24) is 9.88 Å². The molecule has 5 heteroatoms. The molecule has 0 aliphatic heterocycles. The molecule has 0 aliphatic rings. The molecule has 1 aromatic heterocycles. The molecule has 0 fully saturated rings. The molecule has 140 valence electrons. The van der Waals surface area contributed by atoms with Gasteiger partial charge in [-0.2, -0.15) is 0 Å². The van der Waals surface area contributed by atoms with E-state index in [1.807, 2.05) is 42.6 Å². The molecular weight excluding hydrogens is 340 g/mol. The van der Waals surface area contributed by atoms with Gasteiger partial charge in [0.2, 0.25) is 6.10 Å². The molecular formula is C22H24N2O3. The van der Waals surface area contributed by atoms with Crippen molar-refractivity contribution in [3.63, 3.8) is 0 Å². The molecule has 0 saturated carbocycles. The summed E-state index contributed by atoms with van der Waals surface area (Å²) < 4.78 is 5.53. The number of carbonyl (C=O) groups is 2. The van der Waals surface area contributed by atoms with Crippen LogP contribution in [-0.2, 0) is 20.7 Å². The highest BCUT2D eigenvalue weighted by Crippen LogP contribution is 2.22. The van der Waals surface area contributed by atoms with Crippen molar-refractivity contribution in [2.75, 3.05) is 14.1 Å². The molecule has 2 aromatic carbocycles. The van der Waals surface area contributed by atoms with Gasteiger partial charge in [0.1, 0.15) is 0 Å². The van der Waals surface area contributed by atoms with Crippen molar-refractivity contribution in [3.05, 3.63) is 71.9 Å². The van der Waals surface area contributed by atoms with E-state index < -0.39 is 6.10 Å². The summed E-state index contributed by atoms with van der Waals surface area (Å²) in [6.07, 6.45) is 2.79. The molecule has 1 atom stereocenters. The smallest absolute Gasteiger partial charge is 0.306 e. The van der Waals surface area contributed by atoms with E-state index in [0.717, 1.165) is 11.9 Å². The minimum atomic E-state index is -0.901. The second kappa shape index (κ2) is 8.54. The highest BCUT2D eigenvalue weighted by molar-refractivity contribution is 5.85. The van der Waals surface area contributed by atoms with Crippen LogP contribution in [0.5, 0.6) is 0 Å². The second-order valence-corrected chi connectivity index (χ2v) is 6.73. The zero-order valence-electron chi connectivity index (χ0n) is 15.6. The quantitative estimate of drug-likeness (QED) is 0.648. The van der Waals surface area contributed by atoms with Gasteiger partial charge in [-0.1, -0.05) is 48.5 Å². The van der Waals surface area contributed by atoms with Crippen LogP contribution in [0.1, 0.15) is 30.1 Å². The number of hydrogen-bond donors (Lipinski definition) is 1. The Morgan fingerprint density at radius 2 is 1.74 bits per heavy atom. The molecule has 1 amide bonds. The number of nitrogens with zero attached hydrogens (tertiary/aromatic N) is 1. The molecule has 0 saturated heterocycles. The van der Waals surface area contributed by atoms with Gasteiger partial charge in [-0.15, -0.1) is 0 Å². The van der Waals surface area contributed by atoms with Gasteiger partial charge in [0.15, 0.2) is 0 Å². The normalized spacial score (nSPS) is 11.9. The number of nitrogens with one attached hydrogen (secondary N) is 1. The summed E-state index contributed by atoms with van der Waals surface area (Å²) in [5.74, 6) is -0.606. The van der Waals surface area contributed by atoms with Crippen molar-refractivity contribution in [2.24, 2.45) is 0 Å². The van der Waals surface area contributed by atoms with E-state index in [2.05, 4.69) is 11.1 Å². The fourth-order valence-electron chi connectivity index (χ4n) is 3.08. The molecule has 1 heterocycles. The first-order valence-corrected chi connectivity index (χ1v) is 9.07. The minimum absolute atomic E-state index is 0.244. The first kappa shape index (κ1) is 18.7. The lowest BCUT2D eigenvalue weighted by molar-refractivity contribution is -0.159. The number of fused-ring (bicyclic) bond motifs is 1. The maximum Gasteiger partial charge on any atom is 0.306 e. The summed E-state index contributed by atoms with van der Waals surface area (Å²) in [5.41, 5.74) is 2.96. The Morgan fingerprint density at radius 1 is 1.04 bits per heavy atom. The molecule has 0 radical (unpaired) electrons. The standard InChI is InChI=1S/C22H24N2O3/c1-24(2)22(26)21(16-9-4-3-5-10-16)27-20(25)14-8-11-17-15-23-19-13-7-6-12-18(17)19/h3-7,9-10,12-13,15,21,23H,8,11,14H2,1-2H3/t21-/m1/s1. The number of ether oxygens (including phenoxy) is 1. The largest absolute Gasteiger partial charge is 0.447 e. The van der Waals surface area contributed by atoms with Crippen LogP contribution in [0.15, 0.2) is 60.8 Å². The van der Waals surface area contributed by atoms with Crippen LogP contribution in [0.3, 0.4) is 0 Å². The number of hydrogen-bond acceptors (Lipinski definition) is 3. The molecule has 0 unspecified atom stereocenters. The van der Waals surface area contributed by atoms with Crippen molar-refractivity contribution in [1.29, 1.82) is 0 Å². The fraction of sp³-hybridized carbons (Fsp3) is 0.273. The second-order valence-electron chi connectivity index (χ2n) is 6.73. The van der Waals surface area contributed by atoms with E-state index in [0.29, 0.717) is 12.0 Å². The van der Waals surface area contributed by atoms with Crippen molar-refractivity contribution < 1.29 is 14.3 Å². The number of para-hydroxylation sites is 1. The Bertz CT molecular complexity index is 915. The Kier molecular flexibility index (Phi) is 5.91. The van der Waals surface area contributed by atoms with Gasteiger partial charge < -0.3 is 14.6 Å². The van der Waals surface area contributed by atoms with E-state index in [1.165, 1.54) is 15.8 Å². The SMILES string of the molecule is CN(C)C(=O)[C@H](OC(=O)CCCc1c[nH]c2ccccc12)c1ccccc1. The van der Waals surface area contributed by atoms with E-state index in [4.69, 9.17) is 4.74 Å². The number of H-pyrrole nitrogens is 1. The fourth-order valence-corrected chi connectivity index (χ4v) is 3.08. The zero-order valence-corrected chi connectivity index (χ0v) is 15.6. The van der Waals surface area contributed by atoms with E-state index in [-0.39, 0.29) is 18.3 Å². The Hall–Kier alpha value is -3.08. The summed E-state index contributed by atoms with van der Waals surface area (Å²) in [4.78, 5) is 29.5. The van der Waals surface area contributed by atoms with Crippen LogP contribution in [-0.4, -0.2) is 35.9 Å². The third kappa shape index (κ3) is 4.56. The van der Waals surface area contributed by atoms with Crippen LogP contribution in [0.2, 0.25) is 0 Å². The first-order chi connectivity index (χ1) is 13.1. The van der Waals surface area contributed by atoms with Crippen LogP contribution in [0.25, 0.3) is 10.9 Å². The molecule has 27 heavy (non-hydrogen) atoms. The average Bonchev–Trinajstić information content (AvgIpc) is 3.09. The number of aromatic amines is 1. The zero-order chi connectivity index (χ0) is 19.2. The van der Waals surface area contributed by atoms with E-state index in [1.54, 1.807) is 26.2 Å². The third-order valence-electron chi connectivity index (χ3n) is 4.52. The predicted octanol–water partition coefficient (Wildman–Crippen LogP) is 3.86. The maximum atomic E-state index is 12.4. The first-order valence-electron chi connectivity index (χ1n) is 9.07. The summed E-state index contributed by atoms with van der Waals surface area (Å²) in [6.45, 7) is 0. The van der Waals surface area contributed by atoms with Crippen LogP contribution in [0, 0.1) is 0 Å². The lowest BCUT2D eigenvalue weighted by atomic mass is 10.1. The molecule has 5 nitrogen and oxygen atoms in total. The number of esters is 1. The lowest BCUT2D eigenvalue weighted by Crippen LogP contribution is -2.31. The Balaban J connectivity index is 1.60. The lowest BCUT2D eigenvalue weighted by Gasteiger charge is -2.21. The van der Waals surface area contributed by atoms with Gasteiger partial charge in [0.05, 0.1) is 0 Å². The van der Waals surface area contributed by atoms with Crippen molar-refractivity contribution in [3.8, 4) is 0 Å². The maximum absolute atomic E-state index is 12.4. The molecule has 0 bridgehead atoms. The van der Waals surface area contributed by atoms with Gasteiger partial charge in [0.25, 0.3) is 5.91 Å². The van der Waals surface area contributed by atoms with Gasteiger partial charge in [-0.3, -0.25) is 9.59 Å². The summed E-state index contributed by atoms with van der Waals surface area (Å²) in [6, 6.07) is 17.2. The topological polar surface area (TPSA) is 62.4 Å². The number of carbonyl (C=O) groups excluding carboxylic acids is 2. The number of aryl methyl sites for hydroxylation is 1. The summed E-state index contributed by atoms with van der Waals surface area (Å²) in [7, 11) is 3.31. The highest BCUT2D eigenvalue weighted by Gasteiger charge is 2.26. The predicted molar refractivity (Wildman–Crippen MR) is 105 cm³/mol. The molecule has 1 N–H and O–H groups in total.